The molecule has 2 aromatic carbocycles. The van der Waals surface area contributed by atoms with E-state index < -0.39 is 5.41 Å². The number of hydrogen-bond donors (Lipinski definition) is 2. The molecular formula is C33H37N5O3S. The van der Waals surface area contributed by atoms with Crippen LogP contribution in [0.5, 0.6) is 11.5 Å². The van der Waals surface area contributed by atoms with Gasteiger partial charge in [0.1, 0.15) is 11.5 Å². The van der Waals surface area contributed by atoms with Gasteiger partial charge in [0.05, 0.1) is 37.7 Å². The molecule has 1 amide bonds. The molecule has 218 valence electrons. The number of hydrogen-bond acceptors (Lipinski definition) is 5. The second kappa shape index (κ2) is 11.5. The molecule has 2 aromatic heterocycles. The summed E-state index contributed by atoms with van der Waals surface area (Å²) in [6, 6.07) is 21.5. The molecule has 0 saturated carbocycles. The quantitative estimate of drug-likeness (QED) is 0.235. The summed E-state index contributed by atoms with van der Waals surface area (Å²) < 4.78 is 13.4. The van der Waals surface area contributed by atoms with Gasteiger partial charge in [-0.2, -0.15) is 0 Å². The number of aryl methyl sites for hydroxylation is 1. The van der Waals surface area contributed by atoms with Crippen molar-refractivity contribution in [2.24, 2.45) is 5.41 Å². The number of benzene rings is 2. The molecule has 2 N–H and O–H groups in total. The predicted octanol–water partition coefficient (Wildman–Crippen LogP) is 6.67. The van der Waals surface area contributed by atoms with E-state index in [1.165, 1.54) is 0 Å². The number of amides is 1. The maximum Gasteiger partial charge on any atom is 0.229 e. The Hall–Kier alpha value is -4.37. The highest BCUT2D eigenvalue weighted by molar-refractivity contribution is 7.80. The van der Waals surface area contributed by atoms with Crippen LogP contribution in [0.1, 0.15) is 55.5 Å². The fraction of sp³-hybridized carbons (Fsp3) is 0.303. The average molecular weight is 584 g/mol. The molecular weight excluding hydrogens is 546 g/mol. The Kier molecular flexibility index (Phi) is 7.97. The summed E-state index contributed by atoms with van der Waals surface area (Å²) in [7, 11) is 3.27. The van der Waals surface area contributed by atoms with Crippen molar-refractivity contribution >= 4 is 34.6 Å². The summed E-state index contributed by atoms with van der Waals surface area (Å²) in [4.78, 5) is 19.5. The second-order valence-electron chi connectivity index (χ2n) is 11.4. The monoisotopic (exact) mass is 583 g/mol. The van der Waals surface area contributed by atoms with Crippen molar-refractivity contribution in [3.05, 3.63) is 95.6 Å². The van der Waals surface area contributed by atoms with Crippen LogP contribution in [0.4, 0.5) is 11.4 Å². The zero-order valence-electron chi connectivity index (χ0n) is 25.1. The number of ether oxygens (including phenoxy) is 2. The Labute approximate surface area is 252 Å². The Morgan fingerprint density at radius 1 is 0.976 bits per heavy atom. The lowest BCUT2D eigenvalue weighted by Gasteiger charge is -2.29. The van der Waals surface area contributed by atoms with Crippen molar-refractivity contribution in [1.29, 1.82) is 0 Å². The van der Waals surface area contributed by atoms with Crippen molar-refractivity contribution in [1.82, 2.24) is 14.9 Å². The average Bonchev–Trinajstić information content (AvgIpc) is 3.47. The van der Waals surface area contributed by atoms with Crippen LogP contribution in [-0.4, -0.2) is 34.8 Å². The molecule has 1 aliphatic rings. The van der Waals surface area contributed by atoms with Crippen LogP contribution in [0, 0.1) is 19.3 Å². The summed E-state index contributed by atoms with van der Waals surface area (Å²) in [5.74, 6) is 1.27. The van der Waals surface area contributed by atoms with E-state index in [0.717, 1.165) is 39.8 Å². The number of nitrogens with zero attached hydrogens (tertiary/aromatic N) is 3. The molecule has 8 nitrogen and oxygen atoms in total. The molecule has 1 saturated heterocycles. The summed E-state index contributed by atoms with van der Waals surface area (Å²) >= 11 is 5.97. The van der Waals surface area contributed by atoms with Crippen molar-refractivity contribution in [3.63, 3.8) is 0 Å². The molecule has 42 heavy (non-hydrogen) atoms. The first-order valence-corrected chi connectivity index (χ1v) is 14.3. The van der Waals surface area contributed by atoms with E-state index in [4.69, 9.17) is 26.7 Å². The lowest BCUT2D eigenvalue weighted by Crippen LogP contribution is -2.30. The Morgan fingerprint density at radius 2 is 1.69 bits per heavy atom. The highest BCUT2D eigenvalue weighted by Crippen LogP contribution is 2.45. The Morgan fingerprint density at radius 3 is 2.31 bits per heavy atom. The number of rotatable bonds is 7. The van der Waals surface area contributed by atoms with E-state index in [-0.39, 0.29) is 18.0 Å². The van der Waals surface area contributed by atoms with Crippen molar-refractivity contribution in [2.45, 2.75) is 46.7 Å². The largest absolute Gasteiger partial charge is 0.497 e. The van der Waals surface area contributed by atoms with Crippen molar-refractivity contribution < 1.29 is 14.3 Å². The third kappa shape index (κ3) is 5.44. The number of thiocarbonyl (C=S) groups is 1. The zero-order valence-corrected chi connectivity index (χ0v) is 25.9. The molecule has 1 fully saturated rings. The minimum absolute atomic E-state index is 0.0917. The first-order chi connectivity index (χ1) is 20.0. The molecule has 3 heterocycles. The summed E-state index contributed by atoms with van der Waals surface area (Å²) in [6.45, 7) is 9.87. The van der Waals surface area contributed by atoms with Gasteiger partial charge in [-0.25, -0.2) is 0 Å². The van der Waals surface area contributed by atoms with E-state index in [9.17, 15) is 4.79 Å². The predicted molar refractivity (Wildman–Crippen MR) is 171 cm³/mol. The first-order valence-electron chi connectivity index (χ1n) is 13.9. The molecule has 2 atom stereocenters. The van der Waals surface area contributed by atoms with Gasteiger partial charge in [-0.05, 0) is 86.2 Å². The topological polar surface area (TPSA) is 80.7 Å². The van der Waals surface area contributed by atoms with Gasteiger partial charge in [0, 0.05) is 40.4 Å². The maximum atomic E-state index is 12.7. The molecule has 0 radical (unpaired) electrons. The van der Waals surface area contributed by atoms with Crippen molar-refractivity contribution in [2.75, 3.05) is 24.4 Å². The minimum atomic E-state index is -0.544. The lowest BCUT2D eigenvalue weighted by molar-refractivity contribution is -0.123. The van der Waals surface area contributed by atoms with Crippen LogP contribution in [0.15, 0.2) is 72.9 Å². The highest BCUT2D eigenvalue weighted by Gasteiger charge is 2.42. The number of pyridine rings is 1. The molecule has 5 rings (SSSR count). The summed E-state index contributed by atoms with van der Waals surface area (Å²) in [5.41, 5.74) is 6.16. The van der Waals surface area contributed by atoms with E-state index in [2.05, 4.69) is 52.1 Å². The van der Waals surface area contributed by atoms with E-state index in [1.54, 1.807) is 20.4 Å². The SMILES string of the molecule is COc1ccc(-n2c(C)cc(C3C(c4ccccn4)NC(=S)N3c3ccc(NC(=O)C(C)(C)C)c(OC)c3)c2C)cc1. The maximum absolute atomic E-state index is 12.7. The van der Waals surface area contributed by atoms with Gasteiger partial charge in [-0.15, -0.1) is 0 Å². The lowest BCUT2D eigenvalue weighted by atomic mass is 9.95. The van der Waals surface area contributed by atoms with Crippen LogP contribution in [0.3, 0.4) is 0 Å². The third-order valence-corrected chi connectivity index (χ3v) is 7.92. The Bertz CT molecular complexity index is 1610. The Balaban J connectivity index is 1.61. The van der Waals surface area contributed by atoms with Gasteiger partial charge < -0.3 is 29.6 Å². The van der Waals surface area contributed by atoms with E-state index in [0.29, 0.717) is 16.5 Å². The van der Waals surface area contributed by atoms with Gasteiger partial charge in [0.25, 0.3) is 0 Å². The number of nitrogens with one attached hydrogen (secondary N) is 2. The molecule has 9 heteroatoms. The number of methoxy groups -OCH3 is 2. The van der Waals surface area contributed by atoms with Gasteiger partial charge in [0.2, 0.25) is 5.91 Å². The van der Waals surface area contributed by atoms with Crippen LogP contribution in [0.25, 0.3) is 5.69 Å². The molecule has 4 aromatic rings. The highest BCUT2D eigenvalue weighted by atomic mass is 32.1. The molecule has 1 aliphatic heterocycles. The van der Waals surface area contributed by atoms with Gasteiger partial charge in [0.15, 0.2) is 5.11 Å². The number of carbonyl (C=O) groups is 1. The summed E-state index contributed by atoms with van der Waals surface area (Å²) in [5, 5.41) is 7.12. The molecule has 0 spiro atoms. The van der Waals surface area contributed by atoms with Crippen molar-refractivity contribution in [3.8, 4) is 17.2 Å². The van der Waals surface area contributed by atoms with Gasteiger partial charge in [-0.1, -0.05) is 26.8 Å². The van der Waals surface area contributed by atoms with Gasteiger partial charge in [-0.3, -0.25) is 9.78 Å². The minimum Gasteiger partial charge on any atom is -0.497 e. The third-order valence-electron chi connectivity index (χ3n) is 7.61. The number of aromatic nitrogens is 2. The van der Waals surface area contributed by atoms with Crippen LogP contribution in [0.2, 0.25) is 0 Å². The van der Waals surface area contributed by atoms with Gasteiger partial charge >= 0.3 is 0 Å². The zero-order chi connectivity index (χ0) is 30.2. The molecule has 2 unspecified atom stereocenters. The number of anilines is 2. The first kappa shape index (κ1) is 29.1. The normalized spacial score (nSPS) is 16.7. The fourth-order valence-electron chi connectivity index (χ4n) is 5.41. The fourth-order valence-corrected chi connectivity index (χ4v) is 5.75. The van der Waals surface area contributed by atoms with Crippen LogP contribution >= 0.6 is 12.2 Å². The van der Waals surface area contributed by atoms with Crippen LogP contribution in [-0.2, 0) is 4.79 Å². The summed E-state index contributed by atoms with van der Waals surface area (Å²) in [6.07, 6.45) is 1.80. The molecule has 0 aliphatic carbocycles. The molecule has 0 bridgehead atoms. The number of carbonyl (C=O) groups excluding carboxylic acids is 1. The van der Waals surface area contributed by atoms with Crippen LogP contribution < -0.4 is 25.0 Å². The standard InChI is InChI=1S/C33H37N5O3S/c1-20-18-25(21(2)37(20)22-11-14-24(40-6)15-12-22)30-29(27-10-8-9-17-34-27)36-32(42)38(30)23-13-16-26(28(19-23)41-7)35-31(39)33(3,4)5/h8-19,29-30H,1-7H3,(H,35,39)(H,36,42). The second-order valence-corrected chi connectivity index (χ2v) is 11.8. The van der Waals surface area contributed by atoms with E-state index in [1.807, 2.05) is 69.3 Å². The van der Waals surface area contributed by atoms with E-state index >= 15 is 0 Å². The smallest absolute Gasteiger partial charge is 0.229 e.